The summed E-state index contributed by atoms with van der Waals surface area (Å²) in [5, 5.41) is 3.54. The van der Waals surface area contributed by atoms with Gasteiger partial charge >= 0.3 is 0 Å². The lowest BCUT2D eigenvalue weighted by atomic mass is 10.0. The molecule has 24 heavy (non-hydrogen) atoms. The first-order chi connectivity index (χ1) is 11.3. The average molecular weight is 326 g/mol. The SMILES string of the molecule is CCC(C)(C)NC(=O)c1cc2[nH]c3ccccc3c(=O)c2cc1F. The summed E-state index contributed by atoms with van der Waals surface area (Å²) in [7, 11) is 0. The Balaban J connectivity index is 2.18. The number of aromatic nitrogens is 1. The lowest BCUT2D eigenvalue weighted by Crippen LogP contribution is -2.43. The summed E-state index contributed by atoms with van der Waals surface area (Å²) in [6, 6.07) is 9.57. The van der Waals surface area contributed by atoms with Crippen LogP contribution in [-0.4, -0.2) is 16.4 Å². The molecule has 5 heteroatoms. The minimum Gasteiger partial charge on any atom is -0.354 e. The number of hydrogen-bond acceptors (Lipinski definition) is 2. The molecule has 1 heterocycles. The fourth-order valence-electron chi connectivity index (χ4n) is 2.58. The number of nitrogens with one attached hydrogen (secondary N) is 2. The second-order valence-corrected chi connectivity index (χ2v) is 6.57. The van der Waals surface area contributed by atoms with Gasteiger partial charge in [-0.15, -0.1) is 0 Å². The largest absolute Gasteiger partial charge is 0.354 e. The first kappa shape index (κ1) is 16.2. The van der Waals surface area contributed by atoms with Crippen LogP contribution in [0, 0.1) is 5.82 Å². The summed E-state index contributed by atoms with van der Waals surface area (Å²) in [5.41, 5.74) is 0.338. The van der Waals surface area contributed by atoms with Crippen molar-refractivity contribution in [3.63, 3.8) is 0 Å². The first-order valence-electron chi connectivity index (χ1n) is 7.89. The minimum atomic E-state index is -0.701. The topological polar surface area (TPSA) is 62.0 Å². The molecule has 2 N–H and O–H groups in total. The van der Waals surface area contributed by atoms with E-state index in [1.165, 1.54) is 6.07 Å². The van der Waals surface area contributed by atoms with Crippen LogP contribution < -0.4 is 10.7 Å². The van der Waals surface area contributed by atoms with Gasteiger partial charge in [-0.25, -0.2) is 4.39 Å². The average Bonchev–Trinajstić information content (AvgIpc) is 2.55. The van der Waals surface area contributed by atoms with Gasteiger partial charge in [-0.05, 0) is 44.5 Å². The number of fused-ring (bicyclic) bond motifs is 2. The Bertz CT molecular complexity index is 1010. The van der Waals surface area contributed by atoms with Crippen LogP contribution in [0.2, 0.25) is 0 Å². The monoisotopic (exact) mass is 326 g/mol. The van der Waals surface area contributed by atoms with E-state index >= 15 is 0 Å². The lowest BCUT2D eigenvalue weighted by Gasteiger charge is -2.24. The van der Waals surface area contributed by atoms with Gasteiger partial charge in [0.15, 0.2) is 5.43 Å². The van der Waals surface area contributed by atoms with Crippen molar-refractivity contribution in [2.24, 2.45) is 0 Å². The van der Waals surface area contributed by atoms with Gasteiger partial charge < -0.3 is 10.3 Å². The summed E-state index contributed by atoms with van der Waals surface area (Å²) in [4.78, 5) is 28.0. The van der Waals surface area contributed by atoms with Crippen molar-refractivity contribution in [3.05, 3.63) is 58.0 Å². The Morgan fingerprint density at radius 2 is 1.88 bits per heavy atom. The van der Waals surface area contributed by atoms with Crippen molar-refractivity contribution in [2.75, 3.05) is 0 Å². The lowest BCUT2D eigenvalue weighted by molar-refractivity contribution is 0.0907. The Labute approximate surface area is 138 Å². The highest BCUT2D eigenvalue weighted by Crippen LogP contribution is 2.20. The normalized spacial score (nSPS) is 11.8. The molecule has 4 nitrogen and oxygen atoms in total. The Kier molecular flexibility index (Phi) is 3.87. The molecule has 0 fully saturated rings. The third kappa shape index (κ3) is 2.77. The quantitative estimate of drug-likeness (QED) is 0.720. The van der Waals surface area contributed by atoms with E-state index in [1.807, 2.05) is 26.8 Å². The molecule has 0 unspecified atom stereocenters. The molecular formula is C19H19FN2O2. The van der Waals surface area contributed by atoms with Crippen LogP contribution >= 0.6 is 0 Å². The third-order valence-electron chi connectivity index (χ3n) is 4.37. The van der Waals surface area contributed by atoms with Crippen LogP contribution in [0.15, 0.2) is 41.2 Å². The van der Waals surface area contributed by atoms with Gasteiger partial charge in [0.1, 0.15) is 5.82 Å². The summed E-state index contributed by atoms with van der Waals surface area (Å²) in [5.74, 6) is -1.19. The Morgan fingerprint density at radius 3 is 2.58 bits per heavy atom. The van der Waals surface area contributed by atoms with Gasteiger partial charge in [0.25, 0.3) is 5.91 Å². The molecule has 0 spiro atoms. The highest BCUT2D eigenvalue weighted by molar-refractivity contribution is 6.00. The fourth-order valence-corrected chi connectivity index (χ4v) is 2.58. The first-order valence-corrected chi connectivity index (χ1v) is 7.89. The number of carbonyl (C=O) groups is 1. The maximum absolute atomic E-state index is 14.4. The smallest absolute Gasteiger partial charge is 0.254 e. The standard InChI is InChI=1S/C19H19FN2O2/c1-4-19(2,3)22-18(24)12-10-16-13(9-14(12)20)17(23)11-7-5-6-8-15(11)21-16/h5-10H,4H2,1-3H3,(H,21,23)(H,22,24). The van der Waals surface area contributed by atoms with Crippen LogP contribution in [0.3, 0.4) is 0 Å². The molecule has 0 bridgehead atoms. The van der Waals surface area contributed by atoms with Crippen LogP contribution in [0.4, 0.5) is 4.39 Å². The Hall–Kier alpha value is -2.69. The highest BCUT2D eigenvalue weighted by Gasteiger charge is 2.22. The third-order valence-corrected chi connectivity index (χ3v) is 4.37. The number of hydrogen-bond donors (Lipinski definition) is 2. The molecule has 1 aromatic heterocycles. The highest BCUT2D eigenvalue weighted by atomic mass is 19.1. The van der Waals surface area contributed by atoms with Crippen molar-refractivity contribution >= 4 is 27.7 Å². The van der Waals surface area contributed by atoms with E-state index < -0.39 is 17.3 Å². The van der Waals surface area contributed by atoms with Gasteiger partial charge in [0.2, 0.25) is 0 Å². The van der Waals surface area contributed by atoms with Gasteiger partial charge in [-0.3, -0.25) is 9.59 Å². The predicted octanol–water partition coefficient (Wildman–Crippen LogP) is 3.74. The van der Waals surface area contributed by atoms with Gasteiger partial charge in [0.05, 0.1) is 11.1 Å². The van der Waals surface area contributed by atoms with Crippen molar-refractivity contribution in [1.29, 1.82) is 0 Å². The van der Waals surface area contributed by atoms with E-state index in [0.29, 0.717) is 16.4 Å². The number of amides is 1. The van der Waals surface area contributed by atoms with Gasteiger partial charge in [0, 0.05) is 21.8 Å². The van der Waals surface area contributed by atoms with E-state index in [2.05, 4.69) is 10.3 Å². The van der Waals surface area contributed by atoms with Crippen molar-refractivity contribution in [2.45, 2.75) is 32.7 Å². The van der Waals surface area contributed by atoms with E-state index in [9.17, 15) is 14.0 Å². The molecule has 0 saturated carbocycles. The molecule has 2 aromatic carbocycles. The van der Waals surface area contributed by atoms with E-state index in [-0.39, 0.29) is 16.4 Å². The number of para-hydroxylation sites is 1. The number of pyridine rings is 1. The van der Waals surface area contributed by atoms with E-state index in [1.54, 1.807) is 18.2 Å². The summed E-state index contributed by atoms with van der Waals surface area (Å²) < 4.78 is 14.4. The minimum absolute atomic E-state index is 0.0741. The number of halogens is 1. The number of benzene rings is 2. The molecule has 124 valence electrons. The number of H-pyrrole nitrogens is 1. The van der Waals surface area contributed by atoms with Crippen molar-refractivity contribution < 1.29 is 9.18 Å². The molecule has 0 aliphatic heterocycles. The van der Waals surface area contributed by atoms with Crippen LogP contribution in [0.25, 0.3) is 21.8 Å². The zero-order valence-corrected chi connectivity index (χ0v) is 13.9. The fraction of sp³-hybridized carbons (Fsp3) is 0.263. The molecular weight excluding hydrogens is 307 g/mol. The maximum atomic E-state index is 14.4. The molecule has 0 radical (unpaired) electrons. The second kappa shape index (κ2) is 5.74. The van der Waals surface area contributed by atoms with Crippen LogP contribution in [0.1, 0.15) is 37.6 Å². The molecule has 3 rings (SSSR count). The number of carbonyl (C=O) groups excluding carboxylic acids is 1. The zero-order valence-electron chi connectivity index (χ0n) is 13.9. The molecule has 0 saturated heterocycles. The number of rotatable bonds is 3. The number of aromatic amines is 1. The molecule has 0 aliphatic carbocycles. The van der Waals surface area contributed by atoms with E-state index in [0.717, 1.165) is 12.5 Å². The molecule has 1 amide bonds. The molecule has 0 aliphatic rings. The zero-order chi connectivity index (χ0) is 17.5. The summed E-state index contributed by atoms with van der Waals surface area (Å²) >= 11 is 0. The van der Waals surface area contributed by atoms with Gasteiger partial charge in [-0.1, -0.05) is 19.1 Å². The van der Waals surface area contributed by atoms with Crippen LogP contribution in [-0.2, 0) is 0 Å². The Morgan fingerprint density at radius 1 is 1.17 bits per heavy atom. The predicted molar refractivity (Wildman–Crippen MR) is 93.9 cm³/mol. The van der Waals surface area contributed by atoms with Crippen LogP contribution in [0.5, 0.6) is 0 Å². The van der Waals surface area contributed by atoms with E-state index in [4.69, 9.17) is 0 Å². The van der Waals surface area contributed by atoms with Crippen molar-refractivity contribution in [3.8, 4) is 0 Å². The molecule has 0 atom stereocenters. The molecule has 3 aromatic rings. The second-order valence-electron chi connectivity index (χ2n) is 6.57. The maximum Gasteiger partial charge on any atom is 0.254 e. The summed E-state index contributed by atoms with van der Waals surface area (Å²) in [6.07, 6.45) is 0.718. The van der Waals surface area contributed by atoms with Gasteiger partial charge in [-0.2, -0.15) is 0 Å². The summed E-state index contributed by atoms with van der Waals surface area (Å²) in [6.45, 7) is 5.69. The van der Waals surface area contributed by atoms with Crippen molar-refractivity contribution in [1.82, 2.24) is 10.3 Å².